The number of carbonyl (C=O) groups is 3. The van der Waals surface area contributed by atoms with Crippen LogP contribution in [0, 0.1) is 11.3 Å². The fraction of sp³-hybridized carbons (Fsp3) is 0.179. The Morgan fingerprint density at radius 2 is 1.78 bits per heavy atom. The van der Waals surface area contributed by atoms with Gasteiger partial charge >= 0.3 is 0 Å². The largest absolute Gasteiger partial charge is 0.370 e. The van der Waals surface area contributed by atoms with Crippen LogP contribution < -0.4 is 16.0 Å². The lowest BCUT2D eigenvalue weighted by atomic mass is 10.00. The van der Waals surface area contributed by atoms with Crippen LogP contribution in [0.2, 0.25) is 0 Å². The summed E-state index contributed by atoms with van der Waals surface area (Å²) >= 11 is 0. The molecule has 1 heterocycles. The molecule has 186 valence electrons. The number of benzene rings is 3. The van der Waals surface area contributed by atoms with Crippen LogP contribution in [0.4, 0.5) is 11.6 Å². The van der Waals surface area contributed by atoms with Gasteiger partial charge in [-0.25, -0.2) is 4.98 Å². The Morgan fingerprint density at radius 3 is 2.43 bits per heavy atom. The number of nitrogens with zero attached hydrogens (tertiary/aromatic N) is 4. The first-order chi connectivity index (χ1) is 17.8. The Labute approximate surface area is 214 Å². The molecular weight excluding hydrogens is 468 g/mol. The molecule has 0 saturated carbocycles. The Kier molecular flexibility index (Phi) is 7.30. The number of aromatic nitrogens is 2. The van der Waals surface area contributed by atoms with Gasteiger partial charge in [-0.05, 0) is 55.0 Å². The number of aryl methyl sites for hydroxylation is 1. The number of amides is 3. The third-order valence-corrected chi connectivity index (χ3v) is 6.20. The van der Waals surface area contributed by atoms with E-state index in [0.717, 1.165) is 5.56 Å². The molecule has 0 spiro atoms. The zero-order valence-electron chi connectivity index (χ0n) is 20.5. The van der Waals surface area contributed by atoms with Crippen LogP contribution in [-0.2, 0) is 16.1 Å². The van der Waals surface area contributed by atoms with Crippen molar-refractivity contribution in [3.8, 4) is 6.07 Å². The summed E-state index contributed by atoms with van der Waals surface area (Å²) in [6.07, 6.45) is 0.0555. The van der Waals surface area contributed by atoms with E-state index in [2.05, 4.69) is 10.3 Å². The second-order valence-corrected chi connectivity index (χ2v) is 8.65. The number of nitrogens with two attached hydrogens (primary N) is 1. The Morgan fingerprint density at radius 1 is 1.08 bits per heavy atom. The number of likely N-dealkylation sites (N-methyl/N-ethyl adjacent to an activating group) is 1. The molecule has 0 bridgehead atoms. The molecule has 3 N–H and O–H groups in total. The fourth-order valence-corrected chi connectivity index (χ4v) is 4.04. The van der Waals surface area contributed by atoms with Crippen molar-refractivity contribution in [2.75, 3.05) is 17.3 Å². The van der Waals surface area contributed by atoms with Crippen LogP contribution in [0.1, 0.15) is 40.7 Å². The number of imidazole rings is 1. The zero-order chi connectivity index (χ0) is 26.5. The predicted molar refractivity (Wildman–Crippen MR) is 141 cm³/mol. The molecule has 3 amide bonds. The second kappa shape index (κ2) is 10.7. The van der Waals surface area contributed by atoms with Crippen LogP contribution in [-0.4, -0.2) is 34.3 Å². The molecule has 0 aliphatic rings. The van der Waals surface area contributed by atoms with Gasteiger partial charge in [0.15, 0.2) is 0 Å². The number of anilines is 2. The molecule has 37 heavy (non-hydrogen) atoms. The Hall–Kier alpha value is -4.97. The van der Waals surface area contributed by atoms with Gasteiger partial charge in [-0.3, -0.25) is 19.7 Å². The molecule has 3 aromatic carbocycles. The van der Waals surface area contributed by atoms with Crippen molar-refractivity contribution in [1.82, 2.24) is 9.55 Å². The van der Waals surface area contributed by atoms with Crippen molar-refractivity contribution in [3.63, 3.8) is 0 Å². The summed E-state index contributed by atoms with van der Waals surface area (Å²) in [6, 6.07) is 23.1. The summed E-state index contributed by atoms with van der Waals surface area (Å²) < 4.78 is 1.71. The van der Waals surface area contributed by atoms with E-state index < -0.39 is 11.8 Å². The maximum Gasteiger partial charge on any atom is 0.257 e. The molecule has 9 heteroatoms. The summed E-state index contributed by atoms with van der Waals surface area (Å²) in [6.45, 7) is 2.08. The van der Waals surface area contributed by atoms with Crippen LogP contribution in [0.15, 0.2) is 72.8 Å². The molecule has 1 atom stereocenters. The predicted octanol–water partition coefficient (Wildman–Crippen LogP) is 3.80. The number of nitriles is 1. The van der Waals surface area contributed by atoms with E-state index in [1.54, 1.807) is 59.0 Å². The summed E-state index contributed by atoms with van der Waals surface area (Å²) in [5.41, 5.74) is 8.95. The first-order valence-corrected chi connectivity index (χ1v) is 11.7. The number of fused-ring (bicyclic) bond motifs is 1. The van der Waals surface area contributed by atoms with Gasteiger partial charge in [0.1, 0.15) is 0 Å². The highest BCUT2D eigenvalue weighted by molar-refractivity contribution is 6.04. The highest BCUT2D eigenvalue weighted by atomic mass is 16.2. The average molecular weight is 495 g/mol. The standard InChI is InChI=1S/C28H26N6O3/c1-18(20-6-4-3-5-7-20)27(37)33(2)22-12-13-24-23(16-22)31-28(34(24)15-14-25(30)35)32-26(36)21-10-8-19(17-29)9-11-21/h3-13,16,18H,14-15H2,1-2H3,(H2,30,35)(H,31,32,36)/t18-/m0/s1. The molecule has 4 rings (SSSR count). The fourth-order valence-electron chi connectivity index (χ4n) is 4.04. The molecule has 9 nitrogen and oxygen atoms in total. The Bertz CT molecular complexity index is 1500. The van der Waals surface area contributed by atoms with Crippen molar-refractivity contribution in [2.24, 2.45) is 5.73 Å². The number of hydrogen-bond acceptors (Lipinski definition) is 5. The first-order valence-electron chi connectivity index (χ1n) is 11.7. The Balaban J connectivity index is 1.64. The molecule has 0 aliphatic carbocycles. The highest BCUT2D eigenvalue weighted by Crippen LogP contribution is 2.27. The third-order valence-electron chi connectivity index (χ3n) is 6.20. The van der Waals surface area contributed by atoms with E-state index in [1.165, 1.54) is 0 Å². The monoisotopic (exact) mass is 494 g/mol. The summed E-state index contributed by atoms with van der Waals surface area (Å²) in [5.74, 6) is -1.06. The van der Waals surface area contributed by atoms with Crippen molar-refractivity contribution in [3.05, 3.63) is 89.5 Å². The lowest BCUT2D eigenvalue weighted by molar-refractivity contribution is -0.119. The number of rotatable bonds is 8. The van der Waals surface area contributed by atoms with Gasteiger partial charge in [-0.1, -0.05) is 30.3 Å². The van der Waals surface area contributed by atoms with Crippen LogP contribution in [0.25, 0.3) is 11.0 Å². The topological polar surface area (TPSA) is 134 Å². The van der Waals surface area contributed by atoms with Gasteiger partial charge in [0, 0.05) is 31.3 Å². The van der Waals surface area contributed by atoms with Gasteiger partial charge in [0.25, 0.3) is 5.91 Å². The molecule has 0 radical (unpaired) electrons. The van der Waals surface area contributed by atoms with E-state index in [-0.39, 0.29) is 30.7 Å². The second-order valence-electron chi connectivity index (χ2n) is 8.65. The highest BCUT2D eigenvalue weighted by Gasteiger charge is 2.22. The molecule has 0 fully saturated rings. The number of carbonyl (C=O) groups excluding carboxylic acids is 3. The summed E-state index contributed by atoms with van der Waals surface area (Å²) in [5, 5.41) is 11.8. The van der Waals surface area contributed by atoms with Gasteiger partial charge in [0.05, 0.1) is 28.6 Å². The number of primary amides is 1. The van der Waals surface area contributed by atoms with Crippen LogP contribution in [0.5, 0.6) is 0 Å². The normalized spacial score (nSPS) is 11.5. The van der Waals surface area contributed by atoms with Crippen molar-refractivity contribution >= 4 is 40.4 Å². The number of nitrogens with one attached hydrogen (secondary N) is 1. The SMILES string of the molecule is C[C@H](C(=O)N(C)c1ccc2c(c1)nc(NC(=O)c1ccc(C#N)cc1)n2CCC(N)=O)c1ccccc1. The van der Waals surface area contributed by atoms with Crippen molar-refractivity contribution in [1.29, 1.82) is 5.26 Å². The van der Waals surface area contributed by atoms with E-state index in [1.807, 2.05) is 43.3 Å². The molecule has 0 unspecified atom stereocenters. The smallest absolute Gasteiger partial charge is 0.257 e. The minimum atomic E-state index is -0.483. The van der Waals surface area contributed by atoms with E-state index in [9.17, 15) is 14.4 Å². The van der Waals surface area contributed by atoms with Crippen molar-refractivity contribution < 1.29 is 14.4 Å². The van der Waals surface area contributed by atoms with Crippen LogP contribution in [0.3, 0.4) is 0 Å². The van der Waals surface area contributed by atoms with Gasteiger partial charge in [0.2, 0.25) is 17.8 Å². The lowest BCUT2D eigenvalue weighted by Crippen LogP contribution is -2.30. The van der Waals surface area contributed by atoms with Gasteiger partial charge < -0.3 is 15.2 Å². The molecular formula is C28H26N6O3. The first kappa shape index (κ1) is 25.1. The van der Waals surface area contributed by atoms with Crippen LogP contribution >= 0.6 is 0 Å². The minimum Gasteiger partial charge on any atom is -0.370 e. The van der Waals surface area contributed by atoms with Crippen molar-refractivity contribution in [2.45, 2.75) is 25.8 Å². The molecule has 1 aromatic heterocycles. The number of hydrogen-bond donors (Lipinski definition) is 2. The van der Waals surface area contributed by atoms with Gasteiger partial charge in [-0.15, -0.1) is 0 Å². The maximum absolute atomic E-state index is 13.1. The van der Waals surface area contributed by atoms with Gasteiger partial charge in [-0.2, -0.15) is 5.26 Å². The summed E-state index contributed by atoms with van der Waals surface area (Å²) in [7, 11) is 1.71. The third kappa shape index (κ3) is 5.49. The molecule has 0 aliphatic heterocycles. The zero-order valence-corrected chi connectivity index (χ0v) is 20.5. The van der Waals surface area contributed by atoms with E-state index in [0.29, 0.717) is 27.8 Å². The average Bonchev–Trinajstić information content (AvgIpc) is 3.26. The summed E-state index contributed by atoms with van der Waals surface area (Å²) in [4.78, 5) is 43.7. The quantitative estimate of drug-likeness (QED) is 0.384. The van der Waals surface area contributed by atoms with E-state index >= 15 is 0 Å². The molecule has 4 aromatic rings. The molecule has 0 saturated heterocycles. The lowest BCUT2D eigenvalue weighted by Gasteiger charge is -2.22. The van der Waals surface area contributed by atoms with E-state index in [4.69, 9.17) is 11.0 Å². The minimum absolute atomic E-state index is 0.0555. The maximum atomic E-state index is 13.1.